The van der Waals surface area contributed by atoms with Gasteiger partial charge in [-0.25, -0.2) is 4.79 Å². The van der Waals surface area contributed by atoms with Crippen LogP contribution >= 0.6 is 0 Å². The van der Waals surface area contributed by atoms with Crippen molar-refractivity contribution in [1.29, 1.82) is 0 Å². The third kappa shape index (κ3) is 3.54. The second-order valence-electron chi connectivity index (χ2n) is 5.41. The summed E-state index contributed by atoms with van der Waals surface area (Å²) >= 11 is 0. The Kier molecular flexibility index (Phi) is 5.20. The van der Waals surface area contributed by atoms with E-state index in [0.29, 0.717) is 0 Å². The summed E-state index contributed by atoms with van der Waals surface area (Å²) in [6.07, 6.45) is 3.26. The Morgan fingerprint density at radius 3 is 2.57 bits per heavy atom. The smallest absolute Gasteiger partial charge is 0.326 e. The number of carbonyl (C=O) groups is 1. The molecule has 0 saturated carbocycles. The maximum atomic E-state index is 11.4. The molecule has 0 heterocycles. The van der Waals surface area contributed by atoms with Gasteiger partial charge in [-0.05, 0) is 24.8 Å². The van der Waals surface area contributed by atoms with Crippen molar-refractivity contribution in [3.05, 3.63) is 42.5 Å². The first kappa shape index (κ1) is 15.4. The van der Waals surface area contributed by atoms with Crippen LogP contribution in [0.2, 0.25) is 0 Å². The Bertz CT molecular complexity index is 604. The van der Waals surface area contributed by atoms with Crippen molar-refractivity contribution in [2.24, 2.45) is 0 Å². The Morgan fingerprint density at radius 1 is 1.14 bits per heavy atom. The molecular weight excluding hydrogens is 262 g/mol. The second-order valence-corrected chi connectivity index (χ2v) is 5.41. The Hall–Kier alpha value is -2.03. The van der Waals surface area contributed by atoms with E-state index >= 15 is 0 Å². The molecule has 0 radical (unpaired) electrons. The number of unbranched alkanes of at least 4 members (excludes halogenated alkanes) is 2. The van der Waals surface area contributed by atoms with Crippen LogP contribution in [0.5, 0.6) is 0 Å². The molecule has 1 atom stereocenters. The summed E-state index contributed by atoms with van der Waals surface area (Å²) in [6, 6.07) is 13.7. The molecule has 0 unspecified atom stereocenters. The van der Waals surface area contributed by atoms with Gasteiger partial charge in [0.1, 0.15) is 6.04 Å². The highest BCUT2D eigenvalue weighted by Gasteiger charge is 2.21. The van der Waals surface area contributed by atoms with Gasteiger partial charge in [-0.3, -0.25) is 0 Å². The van der Waals surface area contributed by atoms with E-state index in [2.05, 4.69) is 25.1 Å². The third-order valence-corrected chi connectivity index (χ3v) is 3.90. The first-order valence-electron chi connectivity index (χ1n) is 7.62. The molecule has 0 aliphatic heterocycles. The van der Waals surface area contributed by atoms with Gasteiger partial charge >= 0.3 is 5.97 Å². The van der Waals surface area contributed by atoms with Crippen LogP contribution in [0.4, 0.5) is 5.69 Å². The van der Waals surface area contributed by atoms with Crippen molar-refractivity contribution in [1.82, 2.24) is 0 Å². The number of fused-ring (bicyclic) bond motifs is 1. The molecule has 1 N–H and O–H groups in total. The molecule has 2 rings (SSSR count). The Labute approximate surface area is 126 Å². The number of aliphatic carboxylic acids is 1. The van der Waals surface area contributed by atoms with Crippen molar-refractivity contribution in [3.63, 3.8) is 0 Å². The van der Waals surface area contributed by atoms with Gasteiger partial charge in [-0.15, -0.1) is 0 Å². The van der Waals surface area contributed by atoms with Crippen molar-refractivity contribution in [3.8, 4) is 0 Å². The summed E-state index contributed by atoms with van der Waals surface area (Å²) in [4.78, 5) is 13.5. The fourth-order valence-corrected chi connectivity index (χ4v) is 2.65. The highest BCUT2D eigenvalue weighted by atomic mass is 16.4. The lowest BCUT2D eigenvalue weighted by Gasteiger charge is -2.30. The van der Waals surface area contributed by atoms with Crippen LogP contribution in [0.3, 0.4) is 0 Å². The van der Waals surface area contributed by atoms with E-state index in [1.807, 2.05) is 29.2 Å². The van der Waals surface area contributed by atoms with Gasteiger partial charge in [-0.1, -0.05) is 56.2 Å². The normalized spacial score (nSPS) is 12.3. The van der Waals surface area contributed by atoms with Gasteiger partial charge in [0.2, 0.25) is 0 Å². The molecular formula is C18H23NO2. The summed E-state index contributed by atoms with van der Waals surface area (Å²) in [5.74, 6) is -0.778. The van der Waals surface area contributed by atoms with Gasteiger partial charge in [0.25, 0.3) is 0 Å². The fraction of sp³-hybridized carbons (Fsp3) is 0.389. The number of hydrogen-bond acceptors (Lipinski definition) is 2. The standard InChI is InChI=1S/C18H23NO2/c1-3-4-7-13-19(14(2)18(20)21)17-12-8-10-15-9-5-6-11-16(15)17/h5-6,8-12,14H,3-4,7,13H2,1-2H3,(H,20,21)/t14-/m0/s1. The number of carboxylic acid groups (broad SMARTS) is 1. The minimum absolute atomic E-state index is 0.521. The zero-order chi connectivity index (χ0) is 15.2. The van der Waals surface area contributed by atoms with Crippen molar-refractivity contribution in [2.75, 3.05) is 11.4 Å². The molecule has 0 amide bonds. The van der Waals surface area contributed by atoms with Gasteiger partial charge in [0.05, 0.1) is 0 Å². The molecule has 3 nitrogen and oxygen atoms in total. The maximum absolute atomic E-state index is 11.4. The maximum Gasteiger partial charge on any atom is 0.326 e. The van der Waals surface area contributed by atoms with Crippen molar-refractivity contribution >= 4 is 22.4 Å². The van der Waals surface area contributed by atoms with E-state index in [1.165, 1.54) is 0 Å². The van der Waals surface area contributed by atoms with Crippen LogP contribution in [0.15, 0.2) is 42.5 Å². The molecule has 112 valence electrons. The monoisotopic (exact) mass is 285 g/mol. The zero-order valence-electron chi connectivity index (χ0n) is 12.7. The van der Waals surface area contributed by atoms with E-state index in [4.69, 9.17) is 0 Å². The lowest BCUT2D eigenvalue weighted by atomic mass is 10.1. The van der Waals surface area contributed by atoms with E-state index in [9.17, 15) is 9.90 Å². The van der Waals surface area contributed by atoms with E-state index in [1.54, 1.807) is 6.92 Å². The van der Waals surface area contributed by atoms with Gasteiger partial charge in [-0.2, -0.15) is 0 Å². The predicted molar refractivity (Wildman–Crippen MR) is 87.9 cm³/mol. The third-order valence-electron chi connectivity index (χ3n) is 3.90. The lowest BCUT2D eigenvalue weighted by Crippen LogP contribution is -2.39. The number of anilines is 1. The molecule has 0 bridgehead atoms. The van der Waals surface area contributed by atoms with Gasteiger partial charge < -0.3 is 10.0 Å². The molecule has 0 aliphatic rings. The summed E-state index contributed by atoms with van der Waals surface area (Å²) < 4.78 is 0. The summed E-state index contributed by atoms with van der Waals surface area (Å²) in [5.41, 5.74) is 1.01. The molecule has 0 aliphatic carbocycles. The van der Waals surface area contributed by atoms with Crippen LogP contribution in [0, 0.1) is 0 Å². The number of nitrogens with zero attached hydrogens (tertiary/aromatic N) is 1. The minimum Gasteiger partial charge on any atom is -0.480 e. The Balaban J connectivity index is 2.40. The van der Waals surface area contributed by atoms with E-state index in [-0.39, 0.29) is 0 Å². The van der Waals surface area contributed by atoms with E-state index < -0.39 is 12.0 Å². The highest BCUT2D eigenvalue weighted by Crippen LogP contribution is 2.28. The molecule has 2 aromatic carbocycles. The lowest BCUT2D eigenvalue weighted by molar-refractivity contribution is -0.138. The highest BCUT2D eigenvalue weighted by molar-refractivity contribution is 5.95. The minimum atomic E-state index is -0.778. The van der Waals surface area contributed by atoms with Crippen LogP contribution in [-0.4, -0.2) is 23.7 Å². The first-order valence-corrected chi connectivity index (χ1v) is 7.62. The molecule has 2 aromatic rings. The quantitative estimate of drug-likeness (QED) is 0.771. The molecule has 0 aromatic heterocycles. The predicted octanol–water partition coefficient (Wildman–Crippen LogP) is 4.31. The number of hydrogen-bond donors (Lipinski definition) is 1. The second kappa shape index (κ2) is 7.11. The Morgan fingerprint density at radius 2 is 1.86 bits per heavy atom. The number of benzene rings is 2. The topological polar surface area (TPSA) is 40.5 Å². The van der Waals surface area contributed by atoms with Gasteiger partial charge in [0, 0.05) is 17.6 Å². The first-order chi connectivity index (χ1) is 10.1. The van der Waals surface area contributed by atoms with Crippen LogP contribution in [0.25, 0.3) is 10.8 Å². The van der Waals surface area contributed by atoms with Crippen molar-refractivity contribution < 1.29 is 9.90 Å². The zero-order valence-corrected chi connectivity index (χ0v) is 12.7. The van der Waals surface area contributed by atoms with Crippen LogP contribution in [-0.2, 0) is 4.79 Å². The number of rotatable bonds is 7. The van der Waals surface area contributed by atoms with E-state index in [0.717, 1.165) is 42.3 Å². The molecule has 0 spiro atoms. The number of carboxylic acids is 1. The average molecular weight is 285 g/mol. The average Bonchev–Trinajstić information content (AvgIpc) is 2.50. The SMILES string of the molecule is CCCCCN(c1cccc2ccccc12)[C@@H](C)C(=O)O. The molecule has 0 saturated heterocycles. The molecule has 0 fully saturated rings. The molecule has 21 heavy (non-hydrogen) atoms. The van der Waals surface area contributed by atoms with Crippen LogP contribution < -0.4 is 4.90 Å². The summed E-state index contributed by atoms with van der Waals surface area (Å²) in [7, 11) is 0. The molecule has 3 heteroatoms. The fourth-order valence-electron chi connectivity index (χ4n) is 2.65. The largest absolute Gasteiger partial charge is 0.480 e. The summed E-state index contributed by atoms with van der Waals surface area (Å²) in [6.45, 7) is 4.69. The van der Waals surface area contributed by atoms with Gasteiger partial charge in [0.15, 0.2) is 0 Å². The van der Waals surface area contributed by atoms with Crippen LogP contribution in [0.1, 0.15) is 33.1 Å². The summed E-state index contributed by atoms with van der Waals surface area (Å²) in [5, 5.41) is 11.7. The van der Waals surface area contributed by atoms with Crippen molar-refractivity contribution in [2.45, 2.75) is 39.2 Å².